The molecule has 0 saturated carbocycles. The Morgan fingerprint density at radius 2 is 1.82 bits per heavy atom. The smallest absolute Gasteiger partial charge is 0.251 e. The predicted molar refractivity (Wildman–Crippen MR) is 80.7 cm³/mol. The third kappa shape index (κ3) is 3.98. The Kier molecular flexibility index (Phi) is 4.66. The molecule has 2 rings (SSSR count). The van der Waals surface area contributed by atoms with Crippen molar-refractivity contribution in [3.05, 3.63) is 48.0 Å². The van der Waals surface area contributed by atoms with Gasteiger partial charge in [0, 0.05) is 49.5 Å². The molecule has 8 nitrogen and oxygen atoms in total. The van der Waals surface area contributed by atoms with Gasteiger partial charge in [-0.05, 0) is 12.1 Å². The fraction of sp³-hybridized carbons (Fsp3) is 0.231. The Hall–Kier alpha value is -2.55. The number of carbonyl (C=O) groups excluding carboxylic acids is 1. The van der Waals surface area contributed by atoms with Gasteiger partial charge in [0.1, 0.15) is 0 Å². The maximum atomic E-state index is 11.9. The van der Waals surface area contributed by atoms with Crippen LogP contribution in [-0.2, 0) is 16.6 Å². The molecule has 9 heteroatoms. The van der Waals surface area contributed by atoms with Gasteiger partial charge in [-0.3, -0.25) is 9.78 Å². The Morgan fingerprint density at radius 1 is 1.23 bits per heavy atom. The van der Waals surface area contributed by atoms with Crippen LogP contribution < -0.4 is 9.62 Å². The van der Waals surface area contributed by atoms with Crippen LogP contribution in [0.2, 0.25) is 0 Å². The number of anilines is 1. The molecule has 0 spiro atoms. The lowest BCUT2D eigenvalue weighted by molar-refractivity contribution is 0.0950. The van der Waals surface area contributed by atoms with Crippen molar-refractivity contribution in [1.82, 2.24) is 20.3 Å². The molecule has 22 heavy (non-hydrogen) atoms. The van der Waals surface area contributed by atoms with Crippen molar-refractivity contribution in [2.75, 3.05) is 17.6 Å². The van der Waals surface area contributed by atoms with Crippen LogP contribution in [-0.4, -0.2) is 42.6 Å². The normalized spacial score (nSPS) is 11.0. The van der Waals surface area contributed by atoms with E-state index in [1.165, 1.54) is 31.8 Å². The van der Waals surface area contributed by atoms with E-state index in [4.69, 9.17) is 0 Å². The topological polar surface area (TPSA) is 105 Å². The van der Waals surface area contributed by atoms with Gasteiger partial charge in [0.2, 0.25) is 16.0 Å². The Labute approximate surface area is 128 Å². The summed E-state index contributed by atoms with van der Waals surface area (Å²) in [4.78, 5) is 23.6. The van der Waals surface area contributed by atoms with Gasteiger partial charge >= 0.3 is 0 Å². The van der Waals surface area contributed by atoms with Gasteiger partial charge in [-0.15, -0.1) is 0 Å². The first kappa shape index (κ1) is 15.8. The molecule has 0 unspecified atom stereocenters. The summed E-state index contributed by atoms with van der Waals surface area (Å²) in [5, 5.41) is 2.72. The van der Waals surface area contributed by atoms with Crippen LogP contribution in [0, 0.1) is 0 Å². The molecule has 116 valence electrons. The van der Waals surface area contributed by atoms with Crippen molar-refractivity contribution in [2.24, 2.45) is 0 Å². The summed E-state index contributed by atoms with van der Waals surface area (Å²) in [5.41, 5.74) is 1.16. The Bertz CT molecular complexity index is 747. The standard InChI is InChI=1S/C13H15N5O3S/c1-18(22(2,20)21)13-16-8-10(9-17-13)7-15-12(19)11-3-5-14-6-4-11/h3-6,8-9H,7H2,1-2H3,(H,15,19). The van der Waals surface area contributed by atoms with Crippen LogP contribution in [0.25, 0.3) is 0 Å². The monoisotopic (exact) mass is 321 g/mol. The molecule has 2 aromatic rings. The van der Waals surface area contributed by atoms with Crippen molar-refractivity contribution >= 4 is 21.9 Å². The minimum atomic E-state index is -3.40. The highest BCUT2D eigenvalue weighted by atomic mass is 32.2. The minimum absolute atomic E-state index is 0.0757. The summed E-state index contributed by atoms with van der Waals surface area (Å²) in [5.74, 6) is -0.161. The second-order valence-corrected chi connectivity index (χ2v) is 6.55. The quantitative estimate of drug-likeness (QED) is 0.843. The van der Waals surface area contributed by atoms with Crippen molar-refractivity contribution < 1.29 is 13.2 Å². The summed E-state index contributed by atoms with van der Waals surface area (Å²) < 4.78 is 23.7. The second kappa shape index (κ2) is 6.48. The molecular formula is C13H15N5O3S. The molecule has 2 heterocycles. The Balaban J connectivity index is 1.99. The molecule has 0 saturated heterocycles. The lowest BCUT2D eigenvalue weighted by atomic mass is 10.2. The van der Waals surface area contributed by atoms with Gasteiger partial charge < -0.3 is 5.32 Å². The number of rotatable bonds is 5. The summed E-state index contributed by atoms with van der Waals surface area (Å²) in [6, 6.07) is 3.21. The second-order valence-electron chi connectivity index (χ2n) is 4.54. The van der Waals surface area contributed by atoms with Gasteiger partial charge in [-0.1, -0.05) is 0 Å². The third-order valence-electron chi connectivity index (χ3n) is 2.87. The SMILES string of the molecule is CN(c1ncc(CNC(=O)c2ccncc2)cn1)S(C)(=O)=O. The lowest BCUT2D eigenvalue weighted by Crippen LogP contribution is -2.27. The molecule has 0 atom stereocenters. The first-order valence-electron chi connectivity index (χ1n) is 6.31. The third-order valence-corrected chi connectivity index (χ3v) is 4.02. The molecule has 0 radical (unpaired) electrons. The molecule has 0 bridgehead atoms. The molecule has 0 fully saturated rings. The zero-order chi connectivity index (χ0) is 16.2. The lowest BCUT2D eigenvalue weighted by Gasteiger charge is -2.14. The number of aromatic nitrogens is 3. The molecule has 0 aliphatic heterocycles. The number of hydrogen-bond acceptors (Lipinski definition) is 6. The van der Waals surface area contributed by atoms with Crippen LogP contribution in [0.4, 0.5) is 5.95 Å². The number of sulfonamides is 1. The molecule has 0 aromatic carbocycles. The van der Waals surface area contributed by atoms with E-state index in [1.54, 1.807) is 12.1 Å². The van der Waals surface area contributed by atoms with Crippen molar-refractivity contribution in [3.63, 3.8) is 0 Å². The summed E-state index contributed by atoms with van der Waals surface area (Å²) in [6.07, 6.45) is 7.08. The highest BCUT2D eigenvalue weighted by molar-refractivity contribution is 7.92. The van der Waals surface area contributed by atoms with E-state index >= 15 is 0 Å². The molecular weight excluding hydrogens is 306 g/mol. The van der Waals surface area contributed by atoms with E-state index in [0.29, 0.717) is 11.1 Å². The van der Waals surface area contributed by atoms with Gasteiger partial charge in [-0.2, -0.15) is 0 Å². The number of hydrogen-bond donors (Lipinski definition) is 1. The molecule has 1 N–H and O–H groups in total. The van der Waals surface area contributed by atoms with Gasteiger partial charge in [0.15, 0.2) is 0 Å². The van der Waals surface area contributed by atoms with E-state index in [0.717, 1.165) is 10.6 Å². The van der Waals surface area contributed by atoms with Crippen LogP contribution >= 0.6 is 0 Å². The summed E-state index contributed by atoms with van der Waals surface area (Å²) in [7, 11) is -2.03. The summed E-state index contributed by atoms with van der Waals surface area (Å²) >= 11 is 0. The average molecular weight is 321 g/mol. The summed E-state index contributed by atoms with van der Waals surface area (Å²) in [6.45, 7) is 0.240. The molecule has 0 aliphatic rings. The zero-order valence-electron chi connectivity index (χ0n) is 12.1. The number of pyridine rings is 1. The van der Waals surface area contributed by atoms with Crippen LogP contribution in [0.5, 0.6) is 0 Å². The van der Waals surface area contributed by atoms with Crippen molar-refractivity contribution in [1.29, 1.82) is 0 Å². The Morgan fingerprint density at radius 3 is 2.36 bits per heavy atom. The van der Waals surface area contributed by atoms with Crippen LogP contribution in [0.1, 0.15) is 15.9 Å². The fourth-order valence-electron chi connectivity index (χ4n) is 1.54. The highest BCUT2D eigenvalue weighted by Gasteiger charge is 2.14. The zero-order valence-corrected chi connectivity index (χ0v) is 12.9. The first-order valence-corrected chi connectivity index (χ1v) is 8.16. The minimum Gasteiger partial charge on any atom is -0.348 e. The molecule has 1 amide bonds. The number of nitrogens with zero attached hydrogens (tertiary/aromatic N) is 4. The van der Waals surface area contributed by atoms with Gasteiger partial charge in [-0.25, -0.2) is 22.7 Å². The average Bonchev–Trinajstić information content (AvgIpc) is 2.52. The maximum absolute atomic E-state index is 11.9. The fourth-order valence-corrected chi connectivity index (χ4v) is 1.93. The van der Waals surface area contributed by atoms with E-state index < -0.39 is 10.0 Å². The molecule has 0 aliphatic carbocycles. The first-order chi connectivity index (χ1) is 10.4. The van der Waals surface area contributed by atoms with E-state index in [9.17, 15) is 13.2 Å². The number of amides is 1. The highest BCUT2D eigenvalue weighted by Crippen LogP contribution is 2.08. The van der Waals surface area contributed by atoms with Gasteiger partial charge in [0.05, 0.1) is 6.26 Å². The van der Waals surface area contributed by atoms with E-state index in [2.05, 4.69) is 20.3 Å². The van der Waals surface area contributed by atoms with Crippen molar-refractivity contribution in [3.8, 4) is 0 Å². The largest absolute Gasteiger partial charge is 0.348 e. The number of nitrogens with one attached hydrogen (secondary N) is 1. The van der Waals surface area contributed by atoms with Crippen LogP contribution in [0.15, 0.2) is 36.9 Å². The van der Waals surface area contributed by atoms with Crippen molar-refractivity contribution in [2.45, 2.75) is 6.54 Å². The van der Waals surface area contributed by atoms with Gasteiger partial charge in [0.25, 0.3) is 5.91 Å². The predicted octanol–water partition coefficient (Wildman–Crippen LogP) is 0.197. The number of carbonyl (C=O) groups is 1. The maximum Gasteiger partial charge on any atom is 0.251 e. The molecule has 2 aromatic heterocycles. The van der Waals surface area contributed by atoms with Crippen LogP contribution in [0.3, 0.4) is 0 Å². The van der Waals surface area contributed by atoms with E-state index in [-0.39, 0.29) is 18.4 Å². The van der Waals surface area contributed by atoms with E-state index in [1.807, 2.05) is 0 Å².